The number of nitrogens with zero attached hydrogens (tertiary/aromatic N) is 1. The Morgan fingerprint density at radius 2 is 1.51 bits per heavy atom. The van der Waals surface area contributed by atoms with Crippen molar-refractivity contribution in [3.05, 3.63) is 114 Å². The predicted molar refractivity (Wildman–Crippen MR) is 152 cm³/mol. The first-order valence-electron chi connectivity index (χ1n) is 13.2. The average molecular weight is 546 g/mol. The zero-order valence-corrected chi connectivity index (χ0v) is 22.8. The van der Waals surface area contributed by atoms with Crippen molar-refractivity contribution in [3.8, 4) is 0 Å². The van der Waals surface area contributed by atoms with Gasteiger partial charge >= 0.3 is 0 Å². The van der Waals surface area contributed by atoms with Crippen LogP contribution in [0, 0.1) is 0 Å². The Balaban J connectivity index is 1.52. The number of carbonyl (C=O) groups is 2. The first-order chi connectivity index (χ1) is 18.9. The second kappa shape index (κ2) is 13.4. The molecule has 7 nitrogen and oxygen atoms in total. The van der Waals surface area contributed by atoms with Crippen molar-refractivity contribution in [2.75, 3.05) is 6.54 Å². The second-order valence-electron chi connectivity index (χ2n) is 9.79. The topological polar surface area (TPSA) is 95.6 Å². The first-order valence-corrected chi connectivity index (χ1v) is 14.7. The zero-order valence-electron chi connectivity index (χ0n) is 22.0. The largest absolute Gasteiger partial charge is 0.351 e. The summed E-state index contributed by atoms with van der Waals surface area (Å²) >= 11 is 0. The number of sulfonamides is 1. The molecular formula is C31H35N3O4S. The monoisotopic (exact) mass is 545 g/mol. The third-order valence-corrected chi connectivity index (χ3v) is 8.18. The molecule has 39 heavy (non-hydrogen) atoms. The minimum atomic E-state index is -3.53. The summed E-state index contributed by atoms with van der Waals surface area (Å²) in [5, 5.41) is 2.87. The molecule has 2 N–H and O–H groups in total. The van der Waals surface area contributed by atoms with Gasteiger partial charge in [-0.3, -0.25) is 9.59 Å². The van der Waals surface area contributed by atoms with Crippen LogP contribution in [0.25, 0.3) is 0 Å². The Labute approximate surface area is 231 Å². The third-order valence-electron chi connectivity index (χ3n) is 6.65. The van der Waals surface area contributed by atoms with Gasteiger partial charge in [-0.2, -0.15) is 0 Å². The van der Waals surface area contributed by atoms with Crippen molar-refractivity contribution in [1.82, 2.24) is 14.9 Å². The van der Waals surface area contributed by atoms with E-state index in [1.165, 1.54) is 0 Å². The molecule has 1 atom stereocenters. The molecule has 3 aromatic carbocycles. The highest BCUT2D eigenvalue weighted by Crippen LogP contribution is 2.23. The van der Waals surface area contributed by atoms with Gasteiger partial charge in [0, 0.05) is 32.0 Å². The van der Waals surface area contributed by atoms with Crippen molar-refractivity contribution < 1.29 is 18.0 Å². The highest BCUT2D eigenvalue weighted by molar-refractivity contribution is 7.89. The van der Waals surface area contributed by atoms with Crippen molar-refractivity contribution >= 4 is 21.8 Å². The summed E-state index contributed by atoms with van der Waals surface area (Å²) in [7, 11) is -3.53. The quantitative estimate of drug-likeness (QED) is 0.299. The summed E-state index contributed by atoms with van der Waals surface area (Å²) in [6.07, 6.45) is 4.34. The van der Waals surface area contributed by atoms with Crippen molar-refractivity contribution in [1.29, 1.82) is 0 Å². The lowest BCUT2D eigenvalue weighted by Gasteiger charge is -2.31. The molecule has 2 amide bonds. The Morgan fingerprint density at radius 1 is 0.897 bits per heavy atom. The molecule has 4 rings (SSSR count). The van der Waals surface area contributed by atoms with Crippen LogP contribution >= 0.6 is 0 Å². The lowest BCUT2D eigenvalue weighted by Crippen LogP contribution is -2.50. The smallest absolute Gasteiger partial charge is 0.243 e. The maximum Gasteiger partial charge on any atom is 0.243 e. The van der Waals surface area contributed by atoms with Gasteiger partial charge < -0.3 is 10.2 Å². The van der Waals surface area contributed by atoms with E-state index < -0.39 is 16.1 Å². The van der Waals surface area contributed by atoms with Crippen LogP contribution in [0.15, 0.2) is 102 Å². The fraction of sp³-hybridized carbons (Fsp3) is 0.290. The molecule has 1 aliphatic carbocycles. The Hall–Kier alpha value is -3.75. The number of amides is 2. The molecule has 0 radical (unpaired) electrons. The second-order valence-corrected chi connectivity index (χ2v) is 11.5. The number of benzene rings is 3. The fourth-order valence-electron chi connectivity index (χ4n) is 4.34. The Bertz CT molecular complexity index is 1360. The molecule has 0 bridgehead atoms. The SMILES string of the molecule is C=CCNC(=O)[C@H](Cc1ccccc1)N(Cc1ccccc1)C(=O)CCc1ccc(S(=O)(=O)NC2CC2)cc1. The average Bonchev–Trinajstić information content (AvgIpc) is 3.77. The van der Waals surface area contributed by atoms with Crippen LogP contribution in [0.2, 0.25) is 0 Å². The highest BCUT2D eigenvalue weighted by atomic mass is 32.2. The van der Waals surface area contributed by atoms with Gasteiger partial charge in [0.1, 0.15) is 6.04 Å². The van der Waals surface area contributed by atoms with E-state index in [0.717, 1.165) is 29.5 Å². The number of nitrogens with one attached hydrogen (secondary N) is 2. The van der Waals surface area contributed by atoms with Gasteiger partial charge in [-0.1, -0.05) is 78.9 Å². The predicted octanol–water partition coefficient (Wildman–Crippen LogP) is 4.00. The van der Waals surface area contributed by atoms with Crippen LogP contribution in [0.5, 0.6) is 0 Å². The first kappa shape index (κ1) is 28.3. The van der Waals surface area contributed by atoms with Gasteiger partial charge in [0.05, 0.1) is 4.90 Å². The number of rotatable bonds is 14. The summed E-state index contributed by atoms with van der Waals surface area (Å²) < 4.78 is 27.6. The maximum atomic E-state index is 13.7. The van der Waals surface area contributed by atoms with E-state index in [4.69, 9.17) is 0 Å². The van der Waals surface area contributed by atoms with E-state index in [1.807, 2.05) is 60.7 Å². The molecule has 0 unspecified atom stereocenters. The molecule has 0 spiro atoms. The van der Waals surface area contributed by atoms with E-state index in [0.29, 0.717) is 25.9 Å². The summed E-state index contributed by atoms with van der Waals surface area (Å²) in [6, 6.07) is 25.2. The molecular weight excluding hydrogens is 510 g/mol. The molecule has 0 aliphatic heterocycles. The third kappa shape index (κ3) is 8.37. The molecule has 1 fully saturated rings. The van der Waals surface area contributed by atoms with Crippen LogP contribution in [-0.2, 0) is 39.0 Å². The number of aryl methyl sites for hydroxylation is 1. The number of hydrogen-bond acceptors (Lipinski definition) is 4. The van der Waals surface area contributed by atoms with E-state index in [-0.39, 0.29) is 29.2 Å². The van der Waals surface area contributed by atoms with Crippen LogP contribution in [-0.4, -0.2) is 43.8 Å². The standard InChI is InChI=1S/C31H35N3O4S/c1-2-21-32-31(36)29(22-25-9-5-3-6-10-25)34(23-26-11-7-4-8-12-26)30(35)20-15-24-13-18-28(19-14-24)39(37,38)33-27-16-17-27/h2-14,18-19,27,29,33H,1,15-17,20-23H2,(H,32,36)/t29-/m0/s1. The fourth-order valence-corrected chi connectivity index (χ4v) is 5.65. The molecule has 204 valence electrons. The summed E-state index contributed by atoms with van der Waals surface area (Å²) in [6.45, 7) is 4.29. The van der Waals surface area contributed by atoms with E-state index >= 15 is 0 Å². The van der Waals surface area contributed by atoms with Crippen LogP contribution in [0.3, 0.4) is 0 Å². The minimum absolute atomic E-state index is 0.0374. The Kier molecular flexibility index (Phi) is 9.68. The summed E-state index contributed by atoms with van der Waals surface area (Å²) in [4.78, 5) is 28.9. The van der Waals surface area contributed by atoms with Gasteiger partial charge in [-0.15, -0.1) is 6.58 Å². The van der Waals surface area contributed by atoms with E-state index in [1.54, 1.807) is 35.2 Å². The maximum absolute atomic E-state index is 13.7. The zero-order chi connectivity index (χ0) is 27.7. The normalized spacial score (nSPS) is 13.8. The molecule has 0 heterocycles. The number of carbonyl (C=O) groups excluding carboxylic acids is 2. The van der Waals surface area contributed by atoms with Crippen molar-refractivity contribution in [3.63, 3.8) is 0 Å². The van der Waals surface area contributed by atoms with Crippen LogP contribution in [0.4, 0.5) is 0 Å². The van der Waals surface area contributed by atoms with Gasteiger partial charge in [-0.05, 0) is 48.1 Å². The summed E-state index contributed by atoms with van der Waals surface area (Å²) in [5.74, 6) is -0.388. The highest BCUT2D eigenvalue weighted by Gasteiger charge is 2.30. The number of hydrogen-bond donors (Lipinski definition) is 2. The summed E-state index contributed by atoms with van der Waals surface area (Å²) in [5.41, 5.74) is 2.74. The van der Waals surface area contributed by atoms with Crippen LogP contribution in [0.1, 0.15) is 36.0 Å². The van der Waals surface area contributed by atoms with E-state index in [2.05, 4.69) is 16.6 Å². The minimum Gasteiger partial charge on any atom is -0.351 e. The lowest BCUT2D eigenvalue weighted by atomic mass is 10.0. The molecule has 0 aromatic heterocycles. The van der Waals surface area contributed by atoms with Gasteiger partial charge in [0.15, 0.2) is 0 Å². The molecule has 1 aliphatic rings. The Morgan fingerprint density at radius 3 is 2.10 bits per heavy atom. The lowest BCUT2D eigenvalue weighted by molar-refractivity contribution is -0.141. The van der Waals surface area contributed by atoms with Crippen molar-refractivity contribution in [2.45, 2.75) is 55.6 Å². The molecule has 0 saturated heterocycles. The molecule has 8 heteroatoms. The van der Waals surface area contributed by atoms with E-state index in [9.17, 15) is 18.0 Å². The van der Waals surface area contributed by atoms with Gasteiger partial charge in [0.25, 0.3) is 0 Å². The van der Waals surface area contributed by atoms with Gasteiger partial charge in [-0.25, -0.2) is 13.1 Å². The van der Waals surface area contributed by atoms with Crippen molar-refractivity contribution in [2.24, 2.45) is 0 Å². The van der Waals surface area contributed by atoms with Gasteiger partial charge in [0.2, 0.25) is 21.8 Å². The molecule has 3 aromatic rings. The molecule has 1 saturated carbocycles. The van der Waals surface area contributed by atoms with Crippen LogP contribution < -0.4 is 10.0 Å².